The standard InChI is InChI=1S/C31H19N2O.C25H25N2.Ir/c1-17-14-24(32-16-18(17)2)20-10-7-11-22-28-27(34-31(20)22)15-23-19-8-3-5-12-25(19)33-26-13-6-4-9-21(26)29(28)30(23)33;1-17(2)20-13-10-14-21(18(3)4)24(20)27-23-16-9-8-15-22(23)26-25(27)19-11-6-5-7-12-19;/h3-9,11-16H,1-2H3;5-11,13-18H,1-4H3;/q2*-1;. The van der Waals surface area contributed by atoms with Crippen molar-refractivity contribution >= 4 is 71.1 Å². The Morgan fingerprint density at radius 1 is 0.597 bits per heavy atom. The van der Waals surface area contributed by atoms with Gasteiger partial charge in [-0.1, -0.05) is 117 Å². The number of benzene rings is 7. The van der Waals surface area contributed by atoms with Crippen LogP contribution in [0.2, 0.25) is 0 Å². The van der Waals surface area contributed by atoms with Crippen molar-refractivity contribution in [1.29, 1.82) is 0 Å². The van der Waals surface area contributed by atoms with E-state index in [0.29, 0.717) is 11.8 Å². The summed E-state index contributed by atoms with van der Waals surface area (Å²) < 4.78 is 11.4. The van der Waals surface area contributed by atoms with Crippen molar-refractivity contribution in [3.8, 4) is 28.3 Å². The first-order valence-electron chi connectivity index (χ1n) is 21.2. The summed E-state index contributed by atoms with van der Waals surface area (Å²) in [6.07, 6.45) is 1.93. The van der Waals surface area contributed by atoms with Crippen LogP contribution in [0.3, 0.4) is 0 Å². The third kappa shape index (κ3) is 6.07. The first-order valence-corrected chi connectivity index (χ1v) is 21.2. The Balaban J connectivity index is 0.000000150. The van der Waals surface area contributed by atoms with Crippen molar-refractivity contribution < 1.29 is 24.5 Å². The maximum atomic E-state index is 6.63. The number of aromatic nitrogens is 4. The van der Waals surface area contributed by atoms with E-state index in [4.69, 9.17) is 14.4 Å². The molecule has 0 spiro atoms. The largest absolute Gasteiger partial charge is 0.501 e. The predicted molar refractivity (Wildman–Crippen MR) is 253 cm³/mol. The second-order valence-electron chi connectivity index (χ2n) is 16.9. The van der Waals surface area contributed by atoms with Gasteiger partial charge in [0.15, 0.2) is 0 Å². The van der Waals surface area contributed by atoms with E-state index in [1.165, 1.54) is 66.0 Å². The van der Waals surface area contributed by atoms with Gasteiger partial charge in [0.25, 0.3) is 0 Å². The van der Waals surface area contributed by atoms with Gasteiger partial charge in [0.05, 0.1) is 39.0 Å². The zero-order valence-corrected chi connectivity index (χ0v) is 37.9. The molecular formula is C56H44IrN4O-2. The summed E-state index contributed by atoms with van der Waals surface area (Å²) >= 11 is 0. The molecule has 6 heteroatoms. The molecule has 0 bridgehead atoms. The normalized spacial score (nSPS) is 11.9. The van der Waals surface area contributed by atoms with Gasteiger partial charge in [-0.15, -0.1) is 54.1 Å². The van der Waals surface area contributed by atoms with E-state index in [-0.39, 0.29) is 20.1 Å². The maximum absolute atomic E-state index is 6.63. The predicted octanol–water partition coefficient (Wildman–Crippen LogP) is 15.0. The van der Waals surface area contributed by atoms with Crippen molar-refractivity contribution in [1.82, 2.24) is 18.9 Å². The summed E-state index contributed by atoms with van der Waals surface area (Å²) in [7, 11) is 0. The third-order valence-corrected chi connectivity index (χ3v) is 12.5. The van der Waals surface area contributed by atoms with Gasteiger partial charge in [0.2, 0.25) is 0 Å². The molecule has 0 atom stereocenters. The van der Waals surface area contributed by atoms with Gasteiger partial charge in [0.1, 0.15) is 5.58 Å². The summed E-state index contributed by atoms with van der Waals surface area (Å²) in [5.74, 6) is 1.80. The van der Waals surface area contributed by atoms with Gasteiger partial charge in [-0.25, -0.2) is 0 Å². The molecule has 5 nitrogen and oxygen atoms in total. The topological polar surface area (TPSA) is 48.3 Å². The second-order valence-corrected chi connectivity index (χ2v) is 16.9. The van der Waals surface area contributed by atoms with Crippen LogP contribution < -0.4 is 0 Å². The van der Waals surface area contributed by atoms with Crippen LogP contribution >= 0.6 is 0 Å². The minimum absolute atomic E-state index is 0. The molecule has 0 unspecified atom stereocenters. The molecule has 0 amide bonds. The number of fused-ring (bicyclic) bond motifs is 11. The molecule has 0 fully saturated rings. The molecule has 0 aliphatic carbocycles. The Labute approximate surface area is 374 Å². The van der Waals surface area contributed by atoms with Gasteiger partial charge in [-0.05, 0) is 78.4 Å². The second kappa shape index (κ2) is 15.4. The van der Waals surface area contributed by atoms with E-state index in [2.05, 4.69) is 178 Å². The number of furan rings is 1. The number of hydrogen-bond acceptors (Lipinski definition) is 3. The molecule has 305 valence electrons. The summed E-state index contributed by atoms with van der Waals surface area (Å²) in [4.78, 5) is 9.70. The Morgan fingerprint density at radius 2 is 1.27 bits per heavy atom. The summed E-state index contributed by atoms with van der Waals surface area (Å²) in [6.45, 7) is 13.2. The van der Waals surface area contributed by atoms with E-state index < -0.39 is 0 Å². The molecule has 62 heavy (non-hydrogen) atoms. The van der Waals surface area contributed by atoms with Crippen LogP contribution in [0.5, 0.6) is 0 Å². The average molecular weight is 981 g/mol. The van der Waals surface area contributed by atoms with Crippen LogP contribution in [0.4, 0.5) is 0 Å². The summed E-state index contributed by atoms with van der Waals surface area (Å²) in [6, 6.07) is 55.7. The van der Waals surface area contributed by atoms with Crippen molar-refractivity contribution in [3.63, 3.8) is 0 Å². The fourth-order valence-electron chi connectivity index (χ4n) is 9.43. The van der Waals surface area contributed by atoms with E-state index in [1.807, 2.05) is 30.5 Å². The molecule has 5 aromatic heterocycles. The minimum atomic E-state index is 0. The molecule has 0 N–H and O–H groups in total. The van der Waals surface area contributed by atoms with Crippen LogP contribution in [-0.4, -0.2) is 18.9 Å². The number of rotatable bonds is 5. The molecule has 0 aliphatic heterocycles. The molecule has 7 aromatic carbocycles. The Morgan fingerprint density at radius 3 is 1.98 bits per heavy atom. The average Bonchev–Trinajstić information content (AvgIpc) is 4.04. The van der Waals surface area contributed by atoms with Crippen LogP contribution in [0.1, 0.15) is 61.8 Å². The van der Waals surface area contributed by atoms with E-state index in [1.54, 1.807) is 0 Å². The van der Waals surface area contributed by atoms with Gasteiger partial charge in [0, 0.05) is 58.9 Å². The maximum Gasteiger partial charge on any atom is 0.122 e. The smallest absolute Gasteiger partial charge is 0.122 e. The molecule has 5 heterocycles. The summed E-state index contributed by atoms with van der Waals surface area (Å²) in [5.41, 5.74) is 16.8. The SMILES string of the molecule is CC(C)c1cccc(C(C)C)c1-n1c(-c2[c-]cccc2)nc2ccccc21.Cc1cnc(-c2[c-]ccc3c2oc2cc4c5ccccc5n5c6ccccc6c(c23)c45)cc1C.[Ir]. The molecule has 0 saturated heterocycles. The number of pyridine rings is 1. The molecular weight excluding hydrogens is 937 g/mol. The molecule has 1 radical (unpaired) electrons. The fraction of sp³-hybridized carbons (Fsp3) is 0.143. The van der Waals surface area contributed by atoms with Crippen molar-refractivity contribution in [2.24, 2.45) is 0 Å². The summed E-state index contributed by atoms with van der Waals surface area (Å²) in [5, 5.41) is 7.25. The van der Waals surface area contributed by atoms with Gasteiger partial charge >= 0.3 is 0 Å². The van der Waals surface area contributed by atoms with E-state index >= 15 is 0 Å². The zero-order chi connectivity index (χ0) is 41.5. The fourth-order valence-corrected chi connectivity index (χ4v) is 9.43. The third-order valence-electron chi connectivity index (χ3n) is 12.5. The van der Waals surface area contributed by atoms with Crippen LogP contribution in [0.15, 0.2) is 150 Å². The van der Waals surface area contributed by atoms with Crippen LogP contribution in [0, 0.1) is 26.0 Å². The number of hydrogen-bond donors (Lipinski definition) is 0. The molecule has 12 rings (SSSR count). The minimum Gasteiger partial charge on any atom is -0.501 e. The molecule has 12 aromatic rings. The number of nitrogens with zero attached hydrogens (tertiary/aromatic N) is 4. The molecule has 0 aliphatic rings. The van der Waals surface area contributed by atoms with E-state index in [0.717, 1.165) is 55.6 Å². The van der Waals surface area contributed by atoms with Gasteiger partial charge in [-0.2, -0.15) is 0 Å². The van der Waals surface area contributed by atoms with Gasteiger partial charge in [-0.3, -0.25) is 4.98 Å². The first-order chi connectivity index (χ1) is 29.8. The first kappa shape index (κ1) is 39.5. The molecule has 0 saturated carbocycles. The van der Waals surface area contributed by atoms with Crippen molar-refractivity contribution in [3.05, 3.63) is 180 Å². The monoisotopic (exact) mass is 981 g/mol. The Kier molecular flexibility index (Phi) is 9.82. The number of aryl methyl sites for hydroxylation is 2. The van der Waals surface area contributed by atoms with Crippen LogP contribution in [-0.2, 0) is 20.1 Å². The van der Waals surface area contributed by atoms with E-state index in [9.17, 15) is 0 Å². The number of imidazole rings is 1. The Bertz CT molecular complexity index is 3600. The zero-order valence-electron chi connectivity index (χ0n) is 35.5. The van der Waals surface area contributed by atoms with Gasteiger partial charge < -0.3 is 18.4 Å². The van der Waals surface area contributed by atoms with Crippen LogP contribution in [0.25, 0.3) is 99.4 Å². The Hall–Kier alpha value is -6.59. The van der Waals surface area contributed by atoms with Crippen molar-refractivity contribution in [2.75, 3.05) is 0 Å². The number of para-hydroxylation sites is 5. The quantitative estimate of drug-likeness (QED) is 0.161. The van der Waals surface area contributed by atoms with Crippen molar-refractivity contribution in [2.45, 2.75) is 53.4 Å².